The minimum atomic E-state index is -0.115. The maximum atomic E-state index is 11.7. The lowest BCUT2D eigenvalue weighted by Gasteiger charge is -2.10. The van der Waals surface area contributed by atoms with Crippen molar-refractivity contribution in [2.45, 2.75) is 19.8 Å². The molecule has 0 heterocycles. The third-order valence-corrected chi connectivity index (χ3v) is 3.59. The first-order valence-electron chi connectivity index (χ1n) is 5.58. The van der Waals surface area contributed by atoms with E-state index in [1.54, 1.807) is 0 Å². The summed E-state index contributed by atoms with van der Waals surface area (Å²) >= 11 is 17.6. The number of amides is 1. The highest BCUT2D eigenvalue weighted by Crippen LogP contribution is 2.32. The van der Waals surface area contributed by atoms with Crippen LogP contribution in [0.1, 0.15) is 19.8 Å². The van der Waals surface area contributed by atoms with Crippen molar-refractivity contribution in [1.82, 2.24) is 0 Å². The van der Waals surface area contributed by atoms with Gasteiger partial charge in [0.1, 0.15) is 0 Å². The van der Waals surface area contributed by atoms with Gasteiger partial charge in [0, 0.05) is 6.42 Å². The second-order valence-corrected chi connectivity index (χ2v) is 5.40. The van der Waals surface area contributed by atoms with E-state index in [1.807, 2.05) is 6.92 Å². The number of benzene rings is 1. The van der Waals surface area contributed by atoms with Gasteiger partial charge in [0.15, 0.2) is 0 Å². The number of halogens is 3. The number of hydrogen-bond acceptors (Lipinski definition) is 2. The quantitative estimate of drug-likeness (QED) is 0.809. The van der Waals surface area contributed by atoms with Gasteiger partial charge in [-0.1, -0.05) is 41.7 Å². The van der Waals surface area contributed by atoms with Gasteiger partial charge < -0.3 is 11.1 Å². The summed E-state index contributed by atoms with van der Waals surface area (Å²) in [6, 6.07) is 3.04. The summed E-state index contributed by atoms with van der Waals surface area (Å²) in [6.45, 7) is 2.57. The van der Waals surface area contributed by atoms with E-state index in [4.69, 9.17) is 40.5 Å². The molecular weight excluding hydrogens is 295 g/mol. The fourth-order valence-electron chi connectivity index (χ4n) is 1.33. The lowest BCUT2D eigenvalue weighted by Crippen LogP contribution is -2.16. The van der Waals surface area contributed by atoms with Crippen LogP contribution in [0.15, 0.2) is 12.1 Å². The maximum Gasteiger partial charge on any atom is 0.224 e. The van der Waals surface area contributed by atoms with Crippen molar-refractivity contribution in [2.24, 2.45) is 11.7 Å². The number of carbonyl (C=O) groups is 1. The number of anilines is 1. The average Bonchev–Trinajstić information content (AvgIpc) is 2.33. The first-order chi connectivity index (χ1) is 8.43. The van der Waals surface area contributed by atoms with Crippen LogP contribution in [0.2, 0.25) is 15.1 Å². The van der Waals surface area contributed by atoms with Crippen LogP contribution in [0.5, 0.6) is 0 Å². The second-order valence-electron chi connectivity index (χ2n) is 4.17. The molecule has 1 aromatic rings. The Morgan fingerprint density at radius 3 is 2.50 bits per heavy atom. The van der Waals surface area contributed by atoms with E-state index in [9.17, 15) is 4.79 Å². The number of nitrogens with two attached hydrogens (primary N) is 1. The van der Waals surface area contributed by atoms with Gasteiger partial charge in [0.2, 0.25) is 5.91 Å². The summed E-state index contributed by atoms with van der Waals surface area (Å²) in [5.41, 5.74) is 5.96. The van der Waals surface area contributed by atoms with Crippen molar-refractivity contribution < 1.29 is 4.79 Å². The topological polar surface area (TPSA) is 55.1 Å². The molecule has 3 N–H and O–H groups in total. The predicted molar refractivity (Wildman–Crippen MR) is 77.6 cm³/mol. The minimum absolute atomic E-state index is 0.115. The Kier molecular flexibility index (Phi) is 6.22. The monoisotopic (exact) mass is 308 g/mol. The van der Waals surface area contributed by atoms with Crippen molar-refractivity contribution >= 4 is 46.4 Å². The van der Waals surface area contributed by atoms with E-state index in [-0.39, 0.29) is 5.91 Å². The molecule has 1 aromatic carbocycles. The van der Waals surface area contributed by atoms with Crippen LogP contribution in [-0.4, -0.2) is 12.5 Å². The van der Waals surface area contributed by atoms with E-state index in [0.717, 1.165) is 6.42 Å². The van der Waals surface area contributed by atoms with Crippen LogP contribution in [0, 0.1) is 5.92 Å². The lowest BCUT2D eigenvalue weighted by atomic mass is 10.1. The van der Waals surface area contributed by atoms with Crippen LogP contribution in [-0.2, 0) is 4.79 Å². The minimum Gasteiger partial charge on any atom is -0.330 e. The van der Waals surface area contributed by atoms with Crippen molar-refractivity contribution in [3.05, 3.63) is 27.2 Å². The van der Waals surface area contributed by atoms with E-state index in [1.165, 1.54) is 12.1 Å². The van der Waals surface area contributed by atoms with Gasteiger partial charge in [-0.05, 0) is 31.0 Å². The molecule has 1 rings (SSSR count). The summed E-state index contributed by atoms with van der Waals surface area (Å²) in [5.74, 6) is 0.204. The van der Waals surface area contributed by atoms with Crippen LogP contribution in [0.25, 0.3) is 0 Å². The smallest absolute Gasteiger partial charge is 0.224 e. The SMILES string of the molecule is CC(CN)CCC(=O)Nc1cc(Cl)c(Cl)cc1Cl. The molecule has 18 heavy (non-hydrogen) atoms. The fourth-order valence-corrected chi connectivity index (χ4v) is 1.92. The first kappa shape index (κ1) is 15.6. The first-order valence-corrected chi connectivity index (χ1v) is 6.72. The molecule has 6 heteroatoms. The molecular formula is C12H15Cl3N2O. The largest absolute Gasteiger partial charge is 0.330 e. The number of carbonyl (C=O) groups excluding carboxylic acids is 1. The van der Waals surface area contributed by atoms with Crippen molar-refractivity contribution in [3.8, 4) is 0 Å². The van der Waals surface area contributed by atoms with Gasteiger partial charge in [-0.15, -0.1) is 0 Å². The maximum absolute atomic E-state index is 11.7. The summed E-state index contributed by atoms with van der Waals surface area (Å²) in [6.07, 6.45) is 1.14. The molecule has 1 amide bonds. The van der Waals surface area contributed by atoms with Gasteiger partial charge in [-0.3, -0.25) is 4.79 Å². The number of rotatable bonds is 5. The molecule has 0 aliphatic heterocycles. The van der Waals surface area contributed by atoms with Crippen LogP contribution in [0.3, 0.4) is 0 Å². The molecule has 1 atom stereocenters. The van der Waals surface area contributed by atoms with Gasteiger partial charge >= 0.3 is 0 Å². The highest BCUT2D eigenvalue weighted by molar-refractivity contribution is 6.44. The highest BCUT2D eigenvalue weighted by Gasteiger charge is 2.10. The van der Waals surface area contributed by atoms with Gasteiger partial charge in [-0.2, -0.15) is 0 Å². The van der Waals surface area contributed by atoms with Crippen LogP contribution >= 0.6 is 34.8 Å². The summed E-state index contributed by atoms with van der Waals surface area (Å²) in [7, 11) is 0. The summed E-state index contributed by atoms with van der Waals surface area (Å²) in [5, 5.41) is 3.78. The number of nitrogens with one attached hydrogen (secondary N) is 1. The van der Waals surface area contributed by atoms with E-state index >= 15 is 0 Å². The fraction of sp³-hybridized carbons (Fsp3) is 0.417. The summed E-state index contributed by atoms with van der Waals surface area (Å²) < 4.78 is 0. The molecule has 0 saturated carbocycles. The van der Waals surface area contributed by atoms with E-state index < -0.39 is 0 Å². The zero-order valence-corrected chi connectivity index (χ0v) is 12.2. The zero-order chi connectivity index (χ0) is 13.7. The molecule has 0 bridgehead atoms. The zero-order valence-electron chi connectivity index (χ0n) is 9.97. The van der Waals surface area contributed by atoms with Gasteiger partial charge in [-0.25, -0.2) is 0 Å². The molecule has 1 unspecified atom stereocenters. The lowest BCUT2D eigenvalue weighted by molar-refractivity contribution is -0.116. The molecule has 3 nitrogen and oxygen atoms in total. The average molecular weight is 310 g/mol. The Bertz CT molecular complexity index is 438. The van der Waals surface area contributed by atoms with Gasteiger partial charge in [0.25, 0.3) is 0 Å². The Labute approximate surface area is 122 Å². The molecule has 0 radical (unpaired) electrons. The van der Waals surface area contributed by atoms with Crippen molar-refractivity contribution in [3.63, 3.8) is 0 Å². The molecule has 0 saturated heterocycles. The Morgan fingerprint density at radius 1 is 1.28 bits per heavy atom. The normalized spacial score (nSPS) is 12.3. The van der Waals surface area contributed by atoms with E-state index in [0.29, 0.717) is 39.6 Å². The van der Waals surface area contributed by atoms with Crippen LogP contribution in [0.4, 0.5) is 5.69 Å². The molecule has 0 fully saturated rings. The Hall–Kier alpha value is -0.480. The standard InChI is InChI=1S/C12H15Cl3N2O/c1-7(6-16)2-3-12(18)17-11-5-9(14)8(13)4-10(11)15/h4-5,7H,2-3,6,16H2,1H3,(H,17,18). The van der Waals surface area contributed by atoms with Gasteiger partial charge in [0.05, 0.1) is 20.8 Å². The summed E-state index contributed by atoms with van der Waals surface area (Å²) in [4.78, 5) is 11.7. The number of hydrogen-bond donors (Lipinski definition) is 2. The third kappa shape index (κ3) is 4.65. The van der Waals surface area contributed by atoms with Crippen molar-refractivity contribution in [1.29, 1.82) is 0 Å². The Balaban J connectivity index is 2.62. The van der Waals surface area contributed by atoms with Crippen molar-refractivity contribution in [2.75, 3.05) is 11.9 Å². The molecule has 0 aromatic heterocycles. The Morgan fingerprint density at radius 2 is 1.89 bits per heavy atom. The van der Waals surface area contributed by atoms with Crippen LogP contribution < -0.4 is 11.1 Å². The highest BCUT2D eigenvalue weighted by atomic mass is 35.5. The molecule has 0 aliphatic rings. The predicted octanol–water partition coefficient (Wildman–Crippen LogP) is 3.96. The van der Waals surface area contributed by atoms with E-state index in [2.05, 4.69) is 5.32 Å². The molecule has 0 aliphatic carbocycles. The molecule has 0 spiro atoms. The second kappa shape index (κ2) is 7.19. The molecule has 100 valence electrons. The third-order valence-electron chi connectivity index (χ3n) is 2.55.